The highest BCUT2D eigenvalue weighted by atomic mass is 32.2. The highest BCUT2D eigenvalue weighted by molar-refractivity contribution is 7.99. The lowest BCUT2D eigenvalue weighted by Crippen LogP contribution is -2.51. The van der Waals surface area contributed by atoms with E-state index in [2.05, 4.69) is 25.8 Å². The molecule has 13 nitrogen and oxygen atoms in total. The zero-order chi connectivity index (χ0) is 29.3. The van der Waals surface area contributed by atoms with Gasteiger partial charge in [0.15, 0.2) is 34.0 Å². The number of hydrogen-bond acceptors (Lipinski definition) is 11. The van der Waals surface area contributed by atoms with Gasteiger partial charge >= 0.3 is 12.3 Å². The summed E-state index contributed by atoms with van der Waals surface area (Å²) in [6.07, 6.45) is -6.59. The molecular formula is C24H23F3N8O5S. The zero-order valence-corrected chi connectivity index (χ0v) is 22.1. The molecule has 4 aliphatic heterocycles. The minimum Gasteiger partial charge on any atom is -0.454 e. The van der Waals surface area contributed by atoms with Gasteiger partial charge in [0.25, 0.3) is 12.0 Å². The Labute approximate surface area is 234 Å². The van der Waals surface area contributed by atoms with Gasteiger partial charge in [-0.05, 0) is 43.0 Å². The third-order valence-electron chi connectivity index (χ3n) is 6.73. The molecule has 1 aromatic carbocycles. The quantitative estimate of drug-likeness (QED) is 0.411. The predicted molar refractivity (Wildman–Crippen MR) is 135 cm³/mol. The number of primary amides is 1. The summed E-state index contributed by atoms with van der Waals surface area (Å²) < 4.78 is 56.2. The molecule has 4 aliphatic rings. The molecule has 5 rings (SSSR count). The van der Waals surface area contributed by atoms with Gasteiger partial charge in [0, 0.05) is 30.6 Å². The van der Waals surface area contributed by atoms with Gasteiger partial charge in [-0.15, -0.1) is 0 Å². The maximum absolute atomic E-state index is 13.2. The number of rotatable bonds is 7. The first-order chi connectivity index (χ1) is 19.5. The average Bonchev–Trinajstić information content (AvgIpc) is 3.57. The number of nitrogens with zero attached hydrogens (tertiary/aromatic N) is 6. The number of nitrogen functional groups attached to an aromatic ring is 1. The van der Waals surface area contributed by atoms with Crippen LogP contribution in [0.5, 0.6) is 11.5 Å². The lowest BCUT2D eigenvalue weighted by molar-refractivity contribution is -0.210. The van der Waals surface area contributed by atoms with E-state index in [0.29, 0.717) is 64.4 Å². The summed E-state index contributed by atoms with van der Waals surface area (Å²) in [4.78, 5) is 38.2. The first-order valence-electron chi connectivity index (χ1n) is 12.3. The van der Waals surface area contributed by atoms with Crippen LogP contribution in [0.15, 0.2) is 28.5 Å². The van der Waals surface area contributed by atoms with Gasteiger partial charge in [0.05, 0.1) is 11.9 Å². The second-order valence-electron chi connectivity index (χ2n) is 9.33. The molecule has 17 heteroatoms. The number of imidazole rings is 1. The number of hydrogen-bond donors (Lipinski definition) is 2. The highest BCUT2D eigenvalue weighted by Gasteiger charge is 2.50. The van der Waals surface area contributed by atoms with Crippen molar-refractivity contribution in [1.82, 2.24) is 24.4 Å². The average molecular weight is 593 g/mol. The molecule has 0 spiro atoms. The van der Waals surface area contributed by atoms with Crippen molar-refractivity contribution in [2.75, 3.05) is 25.6 Å². The number of halogens is 3. The van der Waals surface area contributed by atoms with Gasteiger partial charge in [-0.2, -0.15) is 18.4 Å². The molecule has 0 radical (unpaired) electrons. The summed E-state index contributed by atoms with van der Waals surface area (Å²) in [5.74, 6) is 0.437. The fourth-order valence-electron chi connectivity index (χ4n) is 4.64. The molecule has 0 saturated carbocycles. The van der Waals surface area contributed by atoms with E-state index >= 15 is 0 Å². The Morgan fingerprint density at radius 3 is 2.59 bits per heavy atom. The van der Waals surface area contributed by atoms with Crippen LogP contribution in [0.25, 0.3) is 11.5 Å². The van der Waals surface area contributed by atoms with Crippen molar-refractivity contribution in [3.8, 4) is 29.1 Å². The number of fused-ring (bicyclic) bond motifs is 2. The van der Waals surface area contributed by atoms with Gasteiger partial charge in [0.1, 0.15) is 6.07 Å². The number of nitrogens with two attached hydrogens (primary N) is 2. The van der Waals surface area contributed by atoms with Crippen molar-refractivity contribution in [1.29, 1.82) is 5.26 Å². The number of benzene rings is 1. The standard InChI is InChI=1S/C24H23F3N8O5S/c25-24(26,27)18(40-22(30)37)21(36)34-4-1-12(2-5-34)3-6-35-10-31-19(29)17-20(35)33-23(32-17)41-16-8-15-14(38-11-39-15)7-13(16)9-28/h7-8,10,12,18H,1-6,11,29H2,(H2,30,37). The van der Waals surface area contributed by atoms with Gasteiger partial charge < -0.3 is 35.1 Å². The Bertz CT molecular complexity index is 1480. The van der Waals surface area contributed by atoms with Crippen LogP contribution in [0.2, 0.25) is 0 Å². The molecule has 41 heavy (non-hydrogen) atoms. The topological polar surface area (TPSA) is 184 Å². The number of likely N-dealkylation sites (tertiary alicyclic amines) is 1. The number of carbonyl (C=O) groups excluding carboxylic acids is 2. The largest absolute Gasteiger partial charge is 0.454 e. The van der Waals surface area contributed by atoms with Crippen LogP contribution >= 0.6 is 11.8 Å². The number of ether oxygens (including phenoxy) is 3. The van der Waals surface area contributed by atoms with E-state index in [-0.39, 0.29) is 31.6 Å². The Morgan fingerprint density at radius 1 is 1.22 bits per heavy atom. The molecule has 1 atom stereocenters. The lowest BCUT2D eigenvalue weighted by Gasteiger charge is -2.34. The fourth-order valence-corrected chi connectivity index (χ4v) is 5.49. The second-order valence-corrected chi connectivity index (χ2v) is 10.3. The molecule has 1 saturated heterocycles. The summed E-state index contributed by atoms with van der Waals surface area (Å²) in [7, 11) is 0. The summed E-state index contributed by atoms with van der Waals surface area (Å²) >= 11 is 1.17. The smallest absolute Gasteiger partial charge is 0.434 e. The van der Waals surface area contributed by atoms with Crippen LogP contribution in [-0.4, -0.2) is 68.6 Å². The number of nitriles is 1. The molecule has 216 valence electrons. The normalized spacial score (nSPS) is 16.0. The number of carbonyl (C=O) groups is 2. The van der Waals surface area contributed by atoms with Crippen molar-refractivity contribution >= 4 is 29.6 Å². The first kappa shape index (κ1) is 28.1. The van der Waals surface area contributed by atoms with Crippen molar-refractivity contribution in [3.05, 3.63) is 24.0 Å². The van der Waals surface area contributed by atoms with Gasteiger partial charge in [0.2, 0.25) is 6.79 Å². The number of piperidine rings is 1. The molecule has 0 bridgehead atoms. The van der Waals surface area contributed by atoms with E-state index in [1.807, 2.05) is 0 Å². The Balaban J connectivity index is 1.24. The van der Waals surface area contributed by atoms with E-state index < -0.39 is 24.3 Å². The molecular weight excluding hydrogens is 569 g/mol. The van der Waals surface area contributed by atoms with E-state index in [1.165, 1.54) is 18.1 Å². The summed E-state index contributed by atoms with van der Waals surface area (Å²) in [6, 6.07) is 5.41. The lowest BCUT2D eigenvalue weighted by atomic mass is 9.93. The van der Waals surface area contributed by atoms with Crippen molar-refractivity contribution in [2.24, 2.45) is 11.7 Å². The van der Waals surface area contributed by atoms with E-state index in [0.717, 1.165) is 4.90 Å². The monoisotopic (exact) mass is 592 g/mol. The second kappa shape index (κ2) is 11.2. The molecule has 1 unspecified atom stereocenters. The maximum atomic E-state index is 13.2. The molecule has 0 aromatic heterocycles. The SMILES string of the molecule is N#Cc1cc2c(cc1Sc1nc3c(N)ncn(CCC4CCN(C(=O)C(OC(N)=O)C(F)(F)F)CC4)c-3n1)OCO2. The number of alkyl halides is 3. The van der Waals surface area contributed by atoms with Crippen LogP contribution in [-0.2, 0) is 16.1 Å². The van der Waals surface area contributed by atoms with Gasteiger partial charge in [-0.3, -0.25) is 4.79 Å². The minimum absolute atomic E-state index is 0.0698. The molecule has 4 heterocycles. The summed E-state index contributed by atoms with van der Waals surface area (Å²) in [6.45, 7) is 0.688. The van der Waals surface area contributed by atoms with Crippen LogP contribution < -0.4 is 20.9 Å². The molecule has 4 N–H and O–H groups in total. The Morgan fingerprint density at radius 2 is 1.93 bits per heavy atom. The molecule has 1 fully saturated rings. The van der Waals surface area contributed by atoms with E-state index in [1.54, 1.807) is 16.7 Å². The predicted octanol–water partition coefficient (Wildman–Crippen LogP) is 2.77. The number of aromatic nitrogens is 4. The van der Waals surface area contributed by atoms with Gasteiger partial charge in [-0.1, -0.05) is 0 Å². The third-order valence-corrected chi connectivity index (χ3v) is 7.65. The van der Waals surface area contributed by atoms with Crippen molar-refractivity contribution < 1.29 is 37.0 Å². The summed E-state index contributed by atoms with van der Waals surface area (Å²) in [5.41, 5.74) is 11.5. The number of anilines is 1. The molecule has 0 aliphatic carbocycles. The van der Waals surface area contributed by atoms with Crippen molar-refractivity contribution in [3.63, 3.8) is 0 Å². The van der Waals surface area contributed by atoms with E-state index in [9.17, 15) is 28.0 Å². The van der Waals surface area contributed by atoms with Crippen LogP contribution in [0.1, 0.15) is 24.8 Å². The Kier molecular flexibility index (Phi) is 7.67. The Hall–Kier alpha value is -4.46. The van der Waals surface area contributed by atoms with Crippen LogP contribution in [0.4, 0.5) is 23.8 Å². The first-order valence-corrected chi connectivity index (χ1v) is 13.2. The van der Waals surface area contributed by atoms with Crippen LogP contribution in [0, 0.1) is 17.2 Å². The van der Waals surface area contributed by atoms with Gasteiger partial charge in [-0.25, -0.2) is 19.7 Å². The minimum atomic E-state index is -5.07. The fraction of sp³-hybridized carbons (Fsp3) is 0.417. The summed E-state index contributed by atoms with van der Waals surface area (Å²) in [5, 5.41) is 9.92. The molecule has 2 amide bonds. The number of aryl methyl sites for hydroxylation is 1. The molecule has 1 aromatic rings. The maximum Gasteiger partial charge on any atom is 0.434 e. The third kappa shape index (κ3) is 6.01. The van der Waals surface area contributed by atoms with E-state index in [4.69, 9.17) is 20.9 Å². The van der Waals surface area contributed by atoms with Crippen LogP contribution in [0.3, 0.4) is 0 Å². The zero-order valence-electron chi connectivity index (χ0n) is 21.3. The highest BCUT2D eigenvalue weighted by Crippen LogP contribution is 2.41. The van der Waals surface area contributed by atoms with Crippen molar-refractivity contribution in [2.45, 2.75) is 48.1 Å². The number of amides is 2.